The molecule has 1 heterocycles. The van der Waals surface area contributed by atoms with Crippen LogP contribution < -0.4 is 5.32 Å². The van der Waals surface area contributed by atoms with Crippen LogP contribution >= 0.6 is 22.9 Å². The van der Waals surface area contributed by atoms with Gasteiger partial charge >= 0.3 is 0 Å². The number of halogens is 2. The molecule has 1 N–H and O–H groups in total. The third-order valence-electron chi connectivity index (χ3n) is 2.95. The molecule has 4 heteroatoms. The molecular weight excluding hydrogens is 281 g/mol. The van der Waals surface area contributed by atoms with Crippen LogP contribution in [0.2, 0.25) is 4.34 Å². The van der Waals surface area contributed by atoms with Crippen molar-refractivity contribution in [3.05, 3.63) is 56.5 Å². The van der Waals surface area contributed by atoms with Gasteiger partial charge in [0.1, 0.15) is 5.82 Å². The maximum atomic E-state index is 13.5. The summed E-state index contributed by atoms with van der Waals surface area (Å²) in [6.07, 6.45) is 0.828. The molecule has 1 atom stereocenters. The third kappa shape index (κ3) is 4.03. The Morgan fingerprint density at radius 3 is 2.68 bits per heavy atom. The number of aryl methyl sites for hydroxylation is 1. The second-order valence-electron chi connectivity index (χ2n) is 4.58. The molecule has 0 saturated heterocycles. The maximum absolute atomic E-state index is 13.5. The predicted octanol–water partition coefficient (Wildman–Crippen LogP) is 4.74. The van der Waals surface area contributed by atoms with Gasteiger partial charge in [0, 0.05) is 17.3 Å². The molecule has 0 aliphatic rings. The highest BCUT2D eigenvalue weighted by Gasteiger charge is 2.13. The van der Waals surface area contributed by atoms with Gasteiger partial charge in [-0.05, 0) is 48.9 Å². The lowest BCUT2D eigenvalue weighted by atomic mass is 10.0. The van der Waals surface area contributed by atoms with Gasteiger partial charge in [0.15, 0.2) is 0 Å². The Labute approximate surface area is 122 Å². The van der Waals surface area contributed by atoms with Crippen molar-refractivity contribution in [2.45, 2.75) is 26.3 Å². The van der Waals surface area contributed by atoms with Crippen molar-refractivity contribution in [3.8, 4) is 0 Å². The van der Waals surface area contributed by atoms with E-state index in [9.17, 15) is 4.39 Å². The fraction of sp³-hybridized carbons (Fsp3) is 0.333. The average Bonchev–Trinajstić information content (AvgIpc) is 2.73. The lowest BCUT2D eigenvalue weighted by Gasteiger charge is -2.18. The first-order valence-electron chi connectivity index (χ1n) is 6.33. The Kier molecular flexibility index (Phi) is 4.97. The monoisotopic (exact) mass is 297 g/mol. The van der Waals surface area contributed by atoms with E-state index in [1.807, 2.05) is 25.1 Å². The summed E-state index contributed by atoms with van der Waals surface area (Å²) in [6, 6.07) is 9.25. The summed E-state index contributed by atoms with van der Waals surface area (Å²) in [4.78, 5) is 1.21. The van der Waals surface area contributed by atoms with Gasteiger partial charge in [0.25, 0.3) is 0 Å². The maximum Gasteiger partial charge on any atom is 0.123 e. The molecule has 1 aromatic heterocycles. The van der Waals surface area contributed by atoms with Crippen LogP contribution in [-0.4, -0.2) is 6.54 Å². The number of likely N-dealkylation sites (N-methyl/N-ethyl adjacent to an activating group) is 1. The Hall–Kier alpha value is -0.900. The van der Waals surface area contributed by atoms with Crippen LogP contribution in [0, 0.1) is 12.7 Å². The summed E-state index contributed by atoms with van der Waals surface area (Å²) >= 11 is 7.53. The Balaban J connectivity index is 2.23. The van der Waals surface area contributed by atoms with Crippen LogP contribution in [0.5, 0.6) is 0 Å². The number of thiophene rings is 1. The highest BCUT2D eigenvalue weighted by Crippen LogP contribution is 2.27. The van der Waals surface area contributed by atoms with Gasteiger partial charge in [0.2, 0.25) is 0 Å². The quantitative estimate of drug-likeness (QED) is 0.840. The van der Waals surface area contributed by atoms with E-state index in [4.69, 9.17) is 11.6 Å². The smallest absolute Gasteiger partial charge is 0.123 e. The van der Waals surface area contributed by atoms with Crippen LogP contribution in [0.3, 0.4) is 0 Å². The fourth-order valence-electron chi connectivity index (χ4n) is 2.18. The van der Waals surface area contributed by atoms with Crippen molar-refractivity contribution in [1.29, 1.82) is 0 Å². The number of hydrogen-bond donors (Lipinski definition) is 1. The molecular formula is C15H17ClFNS. The van der Waals surface area contributed by atoms with Crippen molar-refractivity contribution < 1.29 is 4.39 Å². The van der Waals surface area contributed by atoms with Crippen molar-refractivity contribution in [3.63, 3.8) is 0 Å². The second kappa shape index (κ2) is 6.51. The molecule has 1 aromatic carbocycles. The summed E-state index contributed by atoms with van der Waals surface area (Å²) in [6.45, 7) is 4.82. The molecule has 0 spiro atoms. The van der Waals surface area contributed by atoms with E-state index < -0.39 is 0 Å². The first kappa shape index (κ1) is 14.5. The largest absolute Gasteiger partial charge is 0.310 e. The van der Waals surface area contributed by atoms with E-state index >= 15 is 0 Å². The number of benzene rings is 1. The highest BCUT2D eigenvalue weighted by molar-refractivity contribution is 7.16. The molecule has 102 valence electrons. The van der Waals surface area contributed by atoms with Crippen LogP contribution in [0.25, 0.3) is 0 Å². The molecule has 1 unspecified atom stereocenters. The summed E-state index contributed by atoms with van der Waals surface area (Å²) in [5.41, 5.74) is 1.94. The van der Waals surface area contributed by atoms with E-state index in [0.29, 0.717) is 0 Å². The van der Waals surface area contributed by atoms with Crippen LogP contribution in [-0.2, 0) is 6.42 Å². The fourth-order valence-corrected chi connectivity index (χ4v) is 3.32. The molecule has 0 radical (unpaired) electrons. The van der Waals surface area contributed by atoms with Gasteiger partial charge in [-0.2, -0.15) is 0 Å². The summed E-state index contributed by atoms with van der Waals surface area (Å²) in [7, 11) is 0. The van der Waals surface area contributed by atoms with Crippen molar-refractivity contribution in [2.75, 3.05) is 6.54 Å². The first-order chi connectivity index (χ1) is 9.08. The topological polar surface area (TPSA) is 12.0 Å². The second-order valence-corrected chi connectivity index (χ2v) is 6.38. The van der Waals surface area contributed by atoms with Gasteiger partial charge < -0.3 is 5.32 Å². The van der Waals surface area contributed by atoms with Gasteiger partial charge in [-0.3, -0.25) is 0 Å². The number of hydrogen-bond acceptors (Lipinski definition) is 2. The minimum absolute atomic E-state index is 0.120. The van der Waals surface area contributed by atoms with Crippen molar-refractivity contribution >= 4 is 22.9 Å². The normalized spacial score (nSPS) is 12.6. The van der Waals surface area contributed by atoms with Gasteiger partial charge in [-0.25, -0.2) is 4.39 Å². The third-order valence-corrected chi connectivity index (χ3v) is 4.20. The lowest BCUT2D eigenvalue weighted by molar-refractivity contribution is 0.545. The minimum atomic E-state index is -0.179. The molecule has 1 nitrogen and oxygen atoms in total. The molecule has 0 aliphatic heterocycles. The Bertz CT molecular complexity index is 533. The lowest BCUT2D eigenvalue weighted by Crippen LogP contribution is -2.22. The van der Waals surface area contributed by atoms with Gasteiger partial charge in [-0.1, -0.05) is 24.6 Å². The average molecular weight is 298 g/mol. The SMILES string of the molecule is CCNC(Cc1ccc(Cl)s1)c1cc(C)cc(F)c1. The van der Waals surface area contributed by atoms with Crippen LogP contribution in [0.1, 0.15) is 29.0 Å². The molecule has 0 aliphatic carbocycles. The van der Waals surface area contributed by atoms with Crippen LogP contribution in [0.15, 0.2) is 30.3 Å². The Morgan fingerprint density at radius 2 is 2.11 bits per heavy atom. The van der Waals surface area contributed by atoms with E-state index in [1.165, 1.54) is 4.88 Å². The summed E-state index contributed by atoms with van der Waals surface area (Å²) < 4.78 is 14.3. The standard InChI is InChI=1S/C15H17ClFNS/c1-3-18-14(9-13-4-5-15(16)19-13)11-6-10(2)7-12(17)8-11/h4-8,14,18H,3,9H2,1-2H3. The molecule has 19 heavy (non-hydrogen) atoms. The minimum Gasteiger partial charge on any atom is -0.310 e. The molecule has 0 fully saturated rings. The van der Waals surface area contributed by atoms with Crippen LogP contribution in [0.4, 0.5) is 4.39 Å². The van der Waals surface area contributed by atoms with Crippen molar-refractivity contribution in [2.24, 2.45) is 0 Å². The van der Waals surface area contributed by atoms with Gasteiger partial charge in [-0.15, -0.1) is 11.3 Å². The summed E-state index contributed by atoms with van der Waals surface area (Å²) in [5.74, 6) is -0.179. The summed E-state index contributed by atoms with van der Waals surface area (Å²) in [5, 5.41) is 3.41. The molecule has 0 amide bonds. The van der Waals surface area contributed by atoms with Crippen molar-refractivity contribution in [1.82, 2.24) is 5.32 Å². The zero-order chi connectivity index (χ0) is 13.8. The molecule has 2 aromatic rings. The van der Waals surface area contributed by atoms with E-state index in [0.717, 1.165) is 28.4 Å². The zero-order valence-corrected chi connectivity index (χ0v) is 12.6. The van der Waals surface area contributed by atoms with E-state index in [1.54, 1.807) is 23.5 Å². The molecule has 0 bridgehead atoms. The van der Waals surface area contributed by atoms with E-state index in [-0.39, 0.29) is 11.9 Å². The zero-order valence-electron chi connectivity index (χ0n) is 11.0. The van der Waals surface area contributed by atoms with Gasteiger partial charge in [0.05, 0.1) is 4.34 Å². The van der Waals surface area contributed by atoms with E-state index in [2.05, 4.69) is 12.2 Å². The molecule has 2 rings (SSSR count). The highest BCUT2D eigenvalue weighted by atomic mass is 35.5. The Morgan fingerprint density at radius 1 is 1.32 bits per heavy atom. The predicted molar refractivity (Wildman–Crippen MR) is 80.6 cm³/mol. The number of nitrogens with one attached hydrogen (secondary N) is 1. The first-order valence-corrected chi connectivity index (χ1v) is 7.52. The number of rotatable bonds is 5. The molecule has 0 saturated carbocycles.